The van der Waals surface area contributed by atoms with Crippen LogP contribution in [0.25, 0.3) is 131 Å². The summed E-state index contributed by atoms with van der Waals surface area (Å²) in [5.74, 6) is 0. The van der Waals surface area contributed by atoms with Crippen LogP contribution >= 0.6 is 0 Å². The molecular formula is C52H28. The number of benzene rings is 11. The van der Waals surface area contributed by atoms with Gasteiger partial charge in [0.2, 0.25) is 0 Å². The molecule has 0 atom stereocenters. The zero-order valence-electron chi connectivity index (χ0n) is 28.2. The molecule has 2 aliphatic carbocycles. The van der Waals surface area contributed by atoms with Gasteiger partial charge in [-0.15, -0.1) is 0 Å². The number of hydrogen-bond acceptors (Lipinski definition) is 0. The average Bonchev–Trinajstić information content (AvgIpc) is 3.68. The van der Waals surface area contributed by atoms with E-state index in [1.807, 2.05) is 0 Å². The lowest BCUT2D eigenvalue weighted by Gasteiger charge is -2.16. The first-order chi connectivity index (χ1) is 25.8. The highest BCUT2D eigenvalue weighted by Crippen LogP contribution is 2.54. The van der Waals surface area contributed by atoms with Gasteiger partial charge in [-0.25, -0.2) is 0 Å². The van der Waals surface area contributed by atoms with Crippen LogP contribution in [-0.4, -0.2) is 0 Å². The van der Waals surface area contributed by atoms with Gasteiger partial charge in [0.25, 0.3) is 0 Å². The van der Waals surface area contributed by atoms with Crippen molar-refractivity contribution in [2.75, 3.05) is 0 Å². The Morgan fingerprint density at radius 2 is 0.654 bits per heavy atom. The molecule has 0 saturated heterocycles. The number of fused-ring (bicyclic) bond motifs is 15. The molecule has 0 unspecified atom stereocenters. The molecule has 0 N–H and O–H groups in total. The van der Waals surface area contributed by atoms with E-state index in [0.717, 1.165) is 0 Å². The van der Waals surface area contributed by atoms with Crippen LogP contribution in [0.4, 0.5) is 0 Å². The third kappa shape index (κ3) is 3.33. The van der Waals surface area contributed by atoms with Gasteiger partial charge in [-0.1, -0.05) is 127 Å². The minimum absolute atomic E-state index is 1.25. The smallest absolute Gasteiger partial charge is 0.00199 e. The Bertz CT molecular complexity index is 3410. The fraction of sp³-hybridized carbons (Fsp3) is 0. The Morgan fingerprint density at radius 1 is 0.192 bits per heavy atom. The van der Waals surface area contributed by atoms with E-state index in [0.29, 0.717) is 0 Å². The lowest BCUT2D eigenvalue weighted by atomic mass is 9.87. The van der Waals surface area contributed by atoms with Gasteiger partial charge in [-0.05, 0) is 174 Å². The van der Waals surface area contributed by atoms with Crippen LogP contribution in [0.2, 0.25) is 0 Å². The van der Waals surface area contributed by atoms with Crippen LogP contribution < -0.4 is 0 Å². The van der Waals surface area contributed by atoms with E-state index in [1.54, 1.807) is 0 Å². The van der Waals surface area contributed by atoms with E-state index in [9.17, 15) is 0 Å². The fourth-order valence-electron chi connectivity index (χ4n) is 10.0. The summed E-state index contributed by atoms with van der Waals surface area (Å²) in [7, 11) is 0. The normalized spacial score (nSPS) is 12.6. The molecule has 0 heterocycles. The predicted molar refractivity (Wildman–Crippen MR) is 223 cm³/mol. The first-order valence-corrected chi connectivity index (χ1v) is 18.3. The zero-order valence-corrected chi connectivity index (χ0v) is 28.2. The summed E-state index contributed by atoms with van der Waals surface area (Å²) in [5, 5.41) is 18.5. The topological polar surface area (TPSA) is 0 Å². The molecule has 0 spiro atoms. The van der Waals surface area contributed by atoms with Crippen molar-refractivity contribution in [3.05, 3.63) is 170 Å². The van der Waals surface area contributed by atoms with Gasteiger partial charge in [0.05, 0.1) is 0 Å². The molecule has 0 nitrogen and oxygen atoms in total. The van der Waals surface area contributed by atoms with E-state index < -0.39 is 0 Å². The molecule has 0 radical (unpaired) electrons. The van der Waals surface area contributed by atoms with Crippen LogP contribution in [-0.2, 0) is 0 Å². The summed E-state index contributed by atoms with van der Waals surface area (Å²) in [5.41, 5.74) is 13.2. The van der Waals surface area contributed by atoms with E-state index in [2.05, 4.69) is 170 Å². The molecule has 0 aliphatic heterocycles. The van der Waals surface area contributed by atoms with Crippen molar-refractivity contribution >= 4 is 75.4 Å². The predicted octanol–water partition coefficient (Wildman–Crippen LogP) is 14.7. The van der Waals surface area contributed by atoms with Gasteiger partial charge >= 0.3 is 0 Å². The molecule has 0 fully saturated rings. The van der Waals surface area contributed by atoms with Crippen LogP contribution in [0.15, 0.2) is 170 Å². The van der Waals surface area contributed by atoms with Crippen LogP contribution in [0.3, 0.4) is 0 Å². The molecule has 0 bridgehead atoms. The largest absolute Gasteiger partial charge is 0.0622 e. The van der Waals surface area contributed by atoms with Crippen LogP contribution in [0, 0.1) is 0 Å². The van der Waals surface area contributed by atoms with Crippen molar-refractivity contribution in [3.8, 4) is 55.6 Å². The summed E-state index contributed by atoms with van der Waals surface area (Å²) in [6.45, 7) is 0. The molecule has 0 heteroatoms. The first kappa shape index (κ1) is 27.0. The summed E-state index contributed by atoms with van der Waals surface area (Å²) in [6.07, 6.45) is 0. The van der Waals surface area contributed by atoms with E-state index in [1.165, 1.54) is 131 Å². The minimum Gasteiger partial charge on any atom is -0.0622 e. The first-order valence-electron chi connectivity index (χ1n) is 18.3. The van der Waals surface area contributed by atoms with E-state index in [4.69, 9.17) is 0 Å². The van der Waals surface area contributed by atoms with Gasteiger partial charge in [0.1, 0.15) is 0 Å². The Morgan fingerprint density at radius 3 is 1.31 bits per heavy atom. The maximum Gasteiger partial charge on any atom is -0.00199 e. The molecule has 0 amide bonds. The third-order valence-corrected chi connectivity index (χ3v) is 12.2. The summed E-state index contributed by atoms with van der Waals surface area (Å²) >= 11 is 0. The Balaban J connectivity index is 1.15. The van der Waals surface area contributed by atoms with Gasteiger partial charge in [-0.2, -0.15) is 0 Å². The average molecular weight is 653 g/mol. The highest BCUT2D eigenvalue weighted by atomic mass is 14.3. The van der Waals surface area contributed by atoms with Gasteiger partial charge < -0.3 is 0 Å². The molecule has 236 valence electrons. The van der Waals surface area contributed by atoms with E-state index >= 15 is 0 Å². The second-order valence-corrected chi connectivity index (χ2v) is 14.8. The molecular weight excluding hydrogens is 625 g/mol. The van der Waals surface area contributed by atoms with E-state index in [-0.39, 0.29) is 0 Å². The van der Waals surface area contributed by atoms with Crippen molar-refractivity contribution in [3.63, 3.8) is 0 Å². The highest BCUT2D eigenvalue weighted by Gasteiger charge is 2.27. The molecule has 0 aromatic heterocycles. The highest BCUT2D eigenvalue weighted by molar-refractivity contribution is 6.30. The maximum atomic E-state index is 2.50. The lowest BCUT2D eigenvalue weighted by Crippen LogP contribution is -1.89. The fourth-order valence-corrected chi connectivity index (χ4v) is 10.0. The quantitative estimate of drug-likeness (QED) is 0.155. The van der Waals surface area contributed by atoms with Gasteiger partial charge in [0, 0.05) is 0 Å². The van der Waals surface area contributed by atoms with Crippen LogP contribution in [0.5, 0.6) is 0 Å². The molecule has 11 aromatic rings. The minimum atomic E-state index is 1.25. The Hall–Kier alpha value is -6.76. The molecule has 2 aliphatic rings. The number of rotatable bonds is 1. The van der Waals surface area contributed by atoms with Crippen molar-refractivity contribution < 1.29 is 0 Å². The lowest BCUT2D eigenvalue weighted by molar-refractivity contribution is 1.67. The van der Waals surface area contributed by atoms with Crippen molar-refractivity contribution in [1.82, 2.24) is 0 Å². The summed E-state index contributed by atoms with van der Waals surface area (Å²) in [6, 6.07) is 64.3. The zero-order chi connectivity index (χ0) is 33.7. The Kier molecular flexibility index (Phi) is 4.94. The van der Waals surface area contributed by atoms with Crippen molar-refractivity contribution in [1.29, 1.82) is 0 Å². The summed E-state index contributed by atoms with van der Waals surface area (Å²) < 4.78 is 0. The molecule has 13 rings (SSSR count). The monoisotopic (exact) mass is 652 g/mol. The molecule has 52 heavy (non-hydrogen) atoms. The van der Waals surface area contributed by atoms with Crippen LogP contribution in [0.1, 0.15) is 0 Å². The van der Waals surface area contributed by atoms with Crippen molar-refractivity contribution in [2.45, 2.75) is 0 Å². The third-order valence-electron chi connectivity index (χ3n) is 12.2. The van der Waals surface area contributed by atoms with Gasteiger partial charge in [-0.3, -0.25) is 0 Å². The maximum absolute atomic E-state index is 2.50. The van der Waals surface area contributed by atoms with Crippen molar-refractivity contribution in [2.24, 2.45) is 0 Å². The second-order valence-electron chi connectivity index (χ2n) is 14.8. The standard InChI is InChI=1S/C52H28/c1-2-10-29(11-3-1)42-25-33-26-45-46(38-18-8-16-36-35-15-7-5-13-31(35)24-49(45)50(36)38)27-41(33)40-21-20-32-22-44-47(28-43(32)52(40)42)39-19-9-17-37-34-14-6-4-12-30(34)23-48(44)51(37)39/h1-28H. The SMILES string of the molecule is c1ccc(-c2cc3cc4c(cc3c3ccc5cc6c(cc5c23)-c2cccc3c2c-6cc2ccccc23)-c2cccc3c2c-4cc2ccccc23)cc1. The molecule has 0 saturated carbocycles. The summed E-state index contributed by atoms with van der Waals surface area (Å²) in [4.78, 5) is 0. The molecule has 11 aromatic carbocycles. The number of hydrogen-bond donors (Lipinski definition) is 0. The second kappa shape index (κ2) is 9.51. The Labute approximate surface area is 299 Å². The van der Waals surface area contributed by atoms with Gasteiger partial charge in [0.15, 0.2) is 0 Å².